The minimum absolute atomic E-state index is 0.0477. The molecule has 1 aromatic rings. The van der Waals surface area contributed by atoms with Gasteiger partial charge in [-0.3, -0.25) is 10.1 Å². The maximum absolute atomic E-state index is 11.0. The van der Waals surface area contributed by atoms with Crippen LogP contribution in [0.2, 0.25) is 0 Å². The Kier molecular flexibility index (Phi) is 4.92. The highest BCUT2D eigenvalue weighted by atomic mass is 16.6. The summed E-state index contributed by atoms with van der Waals surface area (Å²) in [5.74, 6) is 0.206. The predicted octanol–water partition coefficient (Wildman–Crippen LogP) is 1.65. The number of nitrogens with zero attached hydrogens (tertiary/aromatic N) is 1. The van der Waals surface area contributed by atoms with Crippen LogP contribution in [0.3, 0.4) is 0 Å². The van der Waals surface area contributed by atoms with Gasteiger partial charge < -0.3 is 15.2 Å². The van der Waals surface area contributed by atoms with Crippen LogP contribution < -0.4 is 10.1 Å². The van der Waals surface area contributed by atoms with Gasteiger partial charge in [0.25, 0.3) is 0 Å². The molecule has 1 saturated carbocycles. The van der Waals surface area contributed by atoms with E-state index in [1.807, 2.05) is 6.92 Å². The van der Waals surface area contributed by atoms with E-state index in [4.69, 9.17) is 4.74 Å². The van der Waals surface area contributed by atoms with Gasteiger partial charge in [0.05, 0.1) is 4.92 Å². The first kappa shape index (κ1) is 14.7. The van der Waals surface area contributed by atoms with Gasteiger partial charge in [0, 0.05) is 18.7 Å². The number of nitro groups is 1. The van der Waals surface area contributed by atoms with Crippen molar-refractivity contribution in [2.75, 3.05) is 13.2 Å². The van der Waals surface area contributed by atoms with E-state index in [9.17, 15) is 15.2 Å². The zero-order valence-corrected chi connectivity index (χ0v) is 11.5. The van der Waals surface area contributed by atoms with Gasteiger partial charge in [-0.2, -0.15) is 0 Å². The van der Waals surface area contributed by atoms with E-state index in [2.05, 4.69) is 5.32 Å². The van der Waals surface area contributed by atoms with Crippen LogP contribution in [0.1, 0.15) is 25.3 Å². The Morgan fingerprint density at radius 3 is 2.90 bits per heavy atom. The van der Waals surface area contributed by atoms with Crippen molar-refractivity contribution in [3.05, 3.63) is 33.9 Å². The fraction of sp³-hybridized carbons (Fsp3) is 0.571. The second-order valence-corrected chi connectivity index (χ2v) is 5.06. The molecule has 0 spiro atoms. The molecule has 2 rings (SSSR count). The molecule has 0 aromatic heterocycles. The fourth-order valence-corrected chi connectivity index (χ4v) is 1.88. The molecule has 1 unspecified atom stereocenters. The number of aryl methyl sites for hydroxylation is 1. The maximum atomic E-state index is 11.0. The van der Waals surface area contributed by atoms with Crippen molar-refractivity contribution >= 4 is 5.69 Å². The lowest BCUT2D eigenvalue weighted by molar-refractivity contribution is -0.386. The molecule has 1 aromatic carbocycles. The lowest BCUT2D eigenvalue weighted by atomic mass is 10.1. The van der Waals surface area contributed by atoms with E-state index in [1.165, 1.54) is 6.07 Å². The molecule has 6 heteroatoms. The number of benzene rings is 1. The highest BCUT2D eigenvalue weighted by Gasteiger charge is 2.22. The zero-order chi connectivity index (χ0) is 14.5. The van der Waals surface area contributed by atoms with Gasteiger partial charge in [0.1, 0.15) is 12.7 Å². The molecule has 20 heavy (non-hydrogen) atoms. The summed E-state index contributed by atoms with van der Waals surface area (Å²) >= 11 is 0. The third kappa shape index (κ3) is 4.18. The summed E-state index contributed by atoms with van der Waals surface area (Å²) in [5, 5.41) is 24.0. The summed E-state index contributed by atoms with van der Waals surface area (Å²) < 4.78 is 5.38. The molecule has 110 valence electrons. The van der Waals surface area contributed by atoms with Crippen molar-refractivity contribution in [3.63, 3.8) is 0 Å². The maximum Gasteiger partial charge on any atom is 0.311 e. The van der Waals surface area contributed by atoms with E-state index in [0.29, 0.717) is 12.6 Å². The summed E-state index contributed by atoms with van der Waals surface area (Å²) in [6.07, 6.45) is 2.37. The van der Waals surface area contributed by atoms with Gasteiger partial charge in [0.15, 0.2) is 5.75 Å². The first-order valence-corrected chi connectivity index (χ1v) is 6.91. The van der Waals surface area contributed by atoms with E-state index >= 15 is 0 Å². The summed E-state index contributed by atoms with van der Waals surface area (Å²) in [4.78, 5) is 10.6. The number of aliphatic hydroxyl groups is 1. The average Bonchev–Trinajstić information content (AvgIpc) is 3.26. The Bertz CT molecular complexity index is 474. The zero-order valence-electron chi connectivity index (χ0n) is 11.5. The van der Waals surface area contributed by atoms with Crippen molar-refractivity contribution in [2.24, 2.45) is 0 Å². The Balaban J connectivity index is 1.91. The van der Waals surface area contributed by atoms with Crippen LogP contribution in [0.5, 0.6) is 5.75 Å². The van der Waals surface area contributed by atoms with Gasteiger partial charge in [-0.05, 0) is 30.9 Å². The lowest BCUT2D eigenvalue weighted by Crippen LogP contribution is -2.32. The van der Waals surface area contributed by atoms with Crippen LogP contribution >= 0.6 is 0 Å². The SMILES string of the molecule is CCc1ccc(OCC(O)CNC2CC2)c([N+](=O)[O-])c1. The standard InChI is InChI=1S/C14H20N2O4/c1-2-10-3-6-14(13(7-10)16(18)19)20-9-12(17)8-15-11-4-5-11/h3,6-7,11-12,15,17H,2,4-5,8-9H2,1H3. The molecule has 0 radical (unpaired) electrons. The Morgan fingerprint density at radius 1 is 1.55 bits per heavy atom. The largest absolute Gasteiger partial charge is 0.484 e. The topological polar surface area (TPSA) is 84.6 Å². The number of hydrogen-bond donors (Lipinski definition) is 2. The number of hydrogen-bond acceptors (Lipinski definition) is 5. The molecule has 6 nitrogen and oxygen atoms in total. The molecule has 0 bridgehead atoms. The van der Waals surface area contributed by atoms with E-state index < -0.39 is 11.0 Å². The Hall–Kier alpha value is -1.66. The summed E-state index contributed by atoms with van der Waals surface area (Å²) in [7, 11) is 0. The van der Waals surface area contributed by atoms with Crippen LogP contribution in [-0.4, -0.2) is 35.3 Å². The molecule has 2 N–H and O–H groups in total. The Morgan fingerprint density at radius 2 is 2.30 bits per heavy atom. The number of aliphatic hydroxyl groups excluding tert-OH is 1. The third-order valence-corrected chi connectivity index (χ3v) is 3.28. The van der Waals surface area contributed by atoms with Crippen LogP contribution in [0, 0.1) is 10.1 Å². The molecule has 0 amide bonds. The molecule has 1 fully saturated rings. The summed E-state index contributed by atoms with van der Waals surface area (Å²) in [6.45, 7) is 2.43. The lowest BCUT2D eigenvalue weighted by Gasteiger charge is -2.13. The van der Waals surface area contributed by atoms with E-state index in [0.717, 1.165) is 24.8 Å². The van der Waals surface area contributed by atoms with E-state index in [-0.39, 0.29) is 18.0 Å². The molecular weight excluding hydrogens is 260 g/mol. The predicted molar refractivity (Wildman–Crippen MR) is 75.0 cm³/mol. The fourth-order valence-electron chi connectivity index (χ4n) is 1.88. The molecule has 0 aliphatic heterocycles. The van der Waals surface area contributed by atoms with Crippen LogP contribution in [0.4, 0.5) is 5.69 Å². The van der Waals surface area contributed by atoms with Gasteiger partial charge >= 0.3 is 5.69 Å². The first-order valence-electron chi connectivity index (χ1n) is 6.91. The minimum Gasteiger partial charge on any atom is -0.484 e. The van der Waals surface area contributed by atoms with Crippen molar-refractivity contribution in [1.82, 2.24) is 5.32 Å². The highest BCUT2D eigenvalue weighted by Crippen LogP contribution is 2.28. The molecule has 0 saturated heterocycles. The van der Waals surface area contributed by atoms with Gasteiger partial charge in [-0.25, -0.2) is 0 Å². The van der Waals surface area contributed by atoms with Crippen LogP contribution in [-0.2, 0) is 6.42 Å². The normalized spacial score (nSPS) is 15.9. The van der Waals surface area contributed by atoms with Gasteiger partial charge in [-0.15, -0.1) is 0 Å². The second-order valence-electron chi connectivity index (χ2n) is 5.06. The highest BCUT2D eigenvalue weighted by molar-refractivity contribution is 5.48. The van der Waals surface area contributed by atoms with Gasteiger partial charge in [0.2, 0.25) is 0 Å². The molecular formula is C14H20N2O4. The van der Waals surface area contributed by atoms with Crippen LogP contribution in [0.15, 0.2) is 18.2 Å². The summed E-state index contributed by atoms with van der Waals surface area (Å²) in [5.41, 5.74) is 0.840. The van der Waals surface area contributed by atoms with Crippen molar-refractivity contribution in [2.45, 2.75) is 38.3 Å². The van der Waals surface area contributed by atoms with Crippen LogP contribution in [0.25, 0.3) is 0 Å². The van der Waals surface area contributed by atoms with Crippen molar-refractivity contribution < 1.29 is 14.8 Å². The Labute approximate surface area is 117 Å². The monoisotopic (exact) mass is 280 g/mol. The molecule has 0 heterocycles. The molecule has 1 aliphatic rings. The van der Waals surface area contributed by atoms with Crippen molar-refractivity contribution in [1.29, 1.82) is 0 Å². The number of nitrogens with one attached hydrogen (secondary N) is 1. The summed E-state index contributed by atoms with van der Waals surface area (Å²) in [6, 6.07) is 5.43. The smallest absolute Gasteiger partial charge is 0.311 e. The second kappa shape index (κ2) is 6.67. The first-order chi connectivity index (χ1) is 9.60. The third-order valence-electron chi connectivity index (χ3n) is 3.28. The number of nitro benzene ring substituents is 1. The molecule has 1 atom stereocenters. The van der Waals surface area contributed by atoms with Crippen molar-refractivity contribution in [3.8, 4) is 5.75 Å². The van der Waals surface area contributed by atoms with Gasteiger partial charge in [-0.1, -0.05) is 13.0 Å². The molecule has 1 aliphatic carbocycles. The quantitative estimate of drug-likeness (QED) is 0.558. The average molecular weight is 280 g/mol. The number of ether oxygens (including phenoxy) is 1. The minimum atomic E-state index is -0.666. The van der Waals surface area contributed by atoms with E-state index in [1.54, 1.807) is 12.1 Å². The number of rotatable bonds is 8.